The van der Waals surface area contributed by atoms with Crippen molar-refractivity contribution in [3.8, 4) is 11.1 Å². The first-order valence-corrected chi connectivity index (χ1v) is 9.33. The van der Waals surface area contributed by atoms with E-state index in [0.29, 0.717) is 6.61 Å². The van der Waals surface area contributed by atoms with Gasteiger partial charge in [-0.2, -0.15) is 0 Å². The van der Waals surface area contributed by atoms with Crippen molar-refractivity contribution in [2.24, 2.45) is 0 Å². The molecule has 3 rings (SSSR count). The highest BCUT2D eigenvalue weighted by atomic mass is 16.5. The Bertz CT molecular complexity index is 747. The summed E-state index contributed by atoms with van der Waals surface area (Å²) < 4.78 is 5.11. The third-order valence-corrected chi connectivity index (χ3v) is 4.90. The van der Waals surface area contributed by atoms with Crippen molar-refractivity contribution in [1.29, 1.82) is 0 Å². The minimum Gasteiger partial charge on any atom is -0.466 e. The second-order valence-electron chi connectivity index (χ2n) is 7.08. The molecule has 26 heavy (non-hydrogen) atoms. The summed E-state index contributed by atoms with van der Waals surface area (Å²) in [5.41, 5.74) is 6.18. The molecule has 2 aromatic rings. The molecule has 138 valence electrons. The number of esters is 1. The Balaban J connectivity index is 1.91. The monoisotopic (exact) mass is 352 g/mol. The van der Waals surface area contributed by atoms with E-state index in [1.165, 1.54) is 47.8 Å². The lowest BCUT2D eigenvalue weighted by molar-refractivity contribution is -0.140. The van der Waals surface area contributed by atoms with E-state index in [-0.39, 0.29) is 5.97 Å². The molecule has 0 N–H and O–H groups in total. The molecular weight excluding hydrogens is 324 g/mol. The van der Waals surface area contributed by atoms with Gasteiger partial charge in [-0.1, -0.05) is 18.2 Å². The topological polar surface area (TPSA) is 32.8 Å². The van der Waals surface area contributed by atoms with E-state index >= 15 is 0 Å². The molecule has 2 aromatic carbocycles. The van der Waals surface area contributed by atoms with Crippen LogP contribution in [0.4, 0.5) is 11.4 Å². The second-order valence-corrected chi connectivity index (χ2v) is 7.08. The summed E-state index contributed by atoms with van der Waals surface area (Å²) in [6, 6.07) is 15.4. The largest absolute Gasteiger partial charge is 0.466 e. The van der Waals surface area contributed by atoms with Gasteiger partial charge in [-0.05, 0) is 48.2 Å². The maximum absolute atomic E-state index is 11.0. The van der Waals surface area contributed by atoms with Crippen molar-refractivity contribution < 1.29 is 9.53 Å². The first-order chi connectivity index (χ1) is 12.5. The molecule has 1 aliphatic heterocycles. The van der Waals surface area contributed by atoms with Crippen molar-refractivity contribution in [2.45, 2.75) is 26.2 Å². The van der Waals surface area contributed by atoms with Crippen LogP contribution < -0.4 is 9.80 Å². The highest BCUT2D eigenvalue weighted by molar-refractivity contribution is 5.80. The molecule has 1 heterocycles. The molecule has 4 heteroatoms. The quantitative estimate of drug-likeness (QED) is 0.732. The van der Waals surface area contributed by atoms with Gasteiger partial charge in [-0.15, -0.1) is 0 Å². The molecule has 0 bridgehead atoms. The van der Waals surface area contributed by atoms with Crippen LogP contribution in [0.25, 0.3) is 11.1 Å². The lowest BCUT2D eigenvalue weighted by Crippen LogP contribution is -2.18. The molecule has 0 aromatic heterocycles. The normalized spacial score (nSPS) is 13.7. The number of hydrogen-bond acceptors (Lipinski definition) is 4. The molecule has 0 amide bonds. The molecule has 1 fully saturated rings. The third-order valence-electron chi connectivity index (χ3n) is 4.90. The number of hydrogen-bond donors (Lipinski definition) is 0. The Morgan fingerprint density at radius 2 is 1.77 bits per heavy atom. The highest BCUT2D eigenvalue weighted by Crippen LogP contribution is 2.34. The van der Waals surface area contributed by atoms with E-state index in [9.17, 15) is 4.79 Å². The van der Waals surface area contributed by atoms with Crippen LogP contribution in [0.3, 0.4) is 0 Å². The predicted molar refractivity (Wildman–Crippen MR) is 108 cm³/mol. The fourth-order valence-electron chi connectivity index (χ4n) is 3.46. The molecule has 1 saturated heterocycles. The first kappa shape index (κ1) is 18.3. The molecule has 0 radical (unpaired) electrons. The average molecular weight is 352 g/mol. The van der Waals surface area contributed by atoms with Crippen LogP contribution in [0.15, 0.2) is 42.5 Å². The van der Waals surface area contributed by atoms with Crippen LogP contribution >= 0.6 is 0 Å². The van der Waals surface area contributed by atoms with E-state index in [4.69, 9.17) is 4.74 Å². The summed E-state index contributed by atoms with van der Waals surface area (Å²) in [7, 11) is 4.11. The Morgan fingerprint density at radius 1 is 1.08 bits per heavy atom. The van der Waals surface area contributed by atoms with Gasteiger partial charge in [-0.3, -0.25) is 4.79 Å². The lowest BCUT2D eigenvalue weighted by atomic mass is 9.98. The maximum atomic E-state index is 11.0. The zero-order valence-electron chi connectivity index (χ0n) is 16.0. The van der Waals surface area contributed by atoms with Gasteiger partial charge in [0.15, 0.2) is 0 Å². The number of carbonyl (C=O) groups excluding carboxylic acids is 1. The van der Waals surface area contributed by atoms with Crippen LogP contribution in [0.2, 0.25) is 0 Å². The van der Waals surface area contributed by atoms with Gasteiger partial charge in [0.1, 0.15) is 0 Å². The Kier molecular flexibility index (Phi) is 5.82. The standard InChI is InChI=1S/C22H28N2O2/c1-17(25)26-15-12-18-6-11-22(24-13-4-5-14-24)21(16-18)19-7-9-20(10-8-19)23(2)3/h6-11,16H,4-5,12-15H2,1-3H3. The highest BCUT2D eigenvalue weighted by Gasteiger charge is 2.17. The molecule has 0 aliphatic carbocycles. The van der Waals surface area contributed by atoms with Gasteiger partial charge >= 0.3 is 5.97 Å². The van der Waals surface area contributed by atoms with Crippen molar-refractivity contribution in [2.75, 3.05) is 43.6 Å². The van der Waals surface area contributed by atoms with Gasteiger partial charge < -0.3 is 14.5 Å². The van der Waals surface area contributed by atoms with E-state index in [2.05, 4.69) is 66.4 Å². The van der Waals surface area contributed by atoms with E-state index < -0.39 is 0 Å². The van der Waals surface area contributed by atoms with Crippen LogP contribution in [-0.4, -0.2) is 39.8 Å². The summed E-state index contributed by atoms with van der Waals surface area (Å²) in [5, 5.41) is 0. The molecule has 0 unspecified atom stereocenters. The fraction of sp³-hybridized carbons (Fsp3) is 0.409. The number of rotatable bonds is 6. The average Bonchev–Trinajstić information content (AvgIpc) is 3.16. The minimum atomic E-state index is -0.224. The summed E-state index contributed by atoms with van der Waals surface area (Å²) >= 11 is 0. The predicted octanol–water partition coefficient (Wildman–Crippen LogP) is 4.13. The van der Waals surface area contributed by atoms with E-state index in [1.807, 2.05) is 0 Å². The summed E-state index contributed by atoms with van der Waals surface area (Å²) in [5.74, 6) is -0.224. The number of carbonyl (C=O) groups is 1. The zero-order chi connectivity index (χ0) is 18.5. The zero-order valence-corrected chi connectivity index (χ0v) is 16.0. The minimum absolute atomic E-state index is 0.224. The van der Waals surface area contributed by atoms with Crippen molar-refractivity contribution in [3.05, 3.63) is 48.0 Å². The van der Waals surface area contributed by atoms with Crippen molar-refractivity contribution in [3.63, 3.8) is 0 Å². The van der Waals surface area contributed by atoms with Crippen molar-refractivity contribution in [1.82, 2.24) is 0 Å². The molecule has 1 aliphatic rings. The van der Waals surface area contributed by atoms with E-state index in [1.54, 1.807) is 0 Å². The second kappa shape index (κ2) is 8.26. The van der Waals surface area contributed by atoms with Gasteiger partial charge in [0.05, 0.1) is 6.61 Å². The van der Waals surface area contributed by atoms with Crippen LogP contribution in [0.1, 0.15) is 25.3 Å². The Morgan fingerprint density at radius 3 is 2.38 bits per heavy atom. The van der Waals surface area contributed by atoms with Crippen LogP contribution in [0, 0.1) is 0 Å². The maximum Gasteiger partial charge on any atom is 0.302 e. The van der Waals surface area contributed by atoms with Gasteiger partial charge in [0.25, 0.3) is 0 Å². The smallest absolute Gasteiger partial charge is 0.302 e. The fourth-order valence-corrected chi connectivity index (χ4v) is 3.46. The first-order valence-electron chi connectivity index (χ1n) is 9.33. The molecule has 4 nitrogen and oxygen atoms in total. The lowest BCUT2D eigenvalue weighted by Gasteiger charge is -2.23. The van der Waals surface area contributed by atoms with Crippen LogP contribution in [-0.2, 0) is 16.0 Å². The summed E-state index contributed by atoms with van der Waals surface area (Å²) in [4.78, 5) is 15.6. The molecular formula is C22H28N2O2. The summed E-state index contributed by atoms with van der Waals surface area (Å²) in [6.45, 7) is 4.12. The number of nitrogens with zero attached hydrogens (tertiary/aromatic N) is 2. The summed E-state index contributed by atoms with van der Waals surface area (Å²) in [6.07, 6.45) is 3.25. The molecule has 0 atom stereocenters. The SMILES string of the molecule is CC(=O)OCCc1ccc(N2CCCC2)c(-c2ccc(N(C)C)cc2)c1. The van der Waals surface area contributed by atoms with E-state index in [0.717, 1.165) is 19.5 Å². The van der Waals surface area contributed by atoms with Gasteiger partial charge in [0.2, 0.25) is 0 Å². The van der Waals surface area contributed by atoms with Crippen molar-refractivity contribution >= 4 is 17.3 Å². The Hall–Kier alpha value is -2.49. The number of benzene rings is 2. The number of ether oxygens (including phenoxy) is 1. The molecule has 0 saturated carbocycles. The third kappa shape index (κ3) is 4.37. The Labute approximate surface area is 156 Å². The van der Waals surface area contributed by atoms with Crippen LogP contribution in [0.5, 0.6) is 0 Å². The van der Waals surface area contributed by atoms with Gasteiger partial charge in [-0.25, -0.2) is 0 Å². The number of anilines is 2. The van der Waals surface area contributed by atoms with Gasteiger partial charge in [0, 0.05) is 57.5 Å². The molecule has 0 spiro atoms.